The van der Waals surface area contributed by atoms with Crippen molar-refractivity contribution in [3.8, 4) is 11.4 Å². The Kier molecular flexibility index (Phi) is 4.29. The summed E-state index contributed by atoms with van der Waals surface area (Å²) in [7, 11) is 1.57. The maximum atomic E-state index is 12.1. The number of rotatable bonds is 4. The third-order valence-electron chi connectivity index (χ3n) is 3.54. The molecule has 7 heteroatoms. The Balaban J connectivity index is 1.98. The Morgan fingerprint density at radius 1 is 1.13 bits per heavy atom. The molecule has 3 rings (SSSR count). The van der Waals surface area contributed by atoms with E-state index in [1.54, 1.807) is 7.05 Å². The number of aromatic nitrogens is 4. The van der Waals surface area contributed by atoms with Gasteiger partial charge in [0.2, 0.25) is 0 Å². The molecule has 0 atom stereocenters. The van der Waals surface area contributed by atoms with Crippen molar-refractivity contribution in [3.63, 3.8) is 0 Å². The molecule has 118 valence electrons. The molecule has 6 nitrogen and oxygen atoms in total. The number of aryl methyl sites for hydroxylation is 2. The quantitative estimate of drug-likeness (QED) is 0.704. The van der Waals surface area contributed by atoms with E-state index in [4.69, 9.17) is 4.74 Å². The zero-order chi connectivity index (χ0) is 16.4. The van der Waals surface area contributed by atoms with Gasteiger partial charge in [0.1, 0.15) is 12.4 Å². The van der Waals surface area contributed by atoms with Gasteiger partial charge in [0.15, 0.2) is 0 Å². The molecule has 0 saturated carbocycles. The van der Waals surface area contributed by atoms with Crippen LogP contribution in [-0.2, 0) is 13.7 Å². The van der Waals surface area contributed by atoms with E-state index in [1.807, 2.05) is 49.4 Å². The lowest BCUT2D eigenvalue weighted by Gasteiger charge is -2.13. The minimum absolute atomic E-state index is 0.294. The van der Waals surface area contributed by atoms with Gasteiger partial charge in [0.25, 0.3) is 0 Å². The topological polar surface area (TPSA) is 61.9 Å². The molecule has 1 aromatic heterocycles. The first-order valence-corrected chi connectivity index (χ1v) is 7.82. The summed E-state index contributed by atoms with van der Waals surface area (Å²) in [6, 6.07) is 13.3. The van der Waals surface area contributed by atoms with Crippen molar-refractivity contribution in [3.05, 3.63) is 68.5 Å². The van der Waals surface area contributed by atoms with Crippen LogP contribution in [0.4, 0.5) is 0 Å². The molecule has 0 aliphatic rings. The van der Waals surface area contributed by atoms with Crippen molar-refractivity contribution in [1.82, 2.24) is 19.8 Å². The molecule has 0 fully saturated rings. The predicted molar refractivity (Wildman–Crippen MR) is 89.8 cm³/mol. The average Bonchev–Trinajstić information content (AvgIpc) is 2.87. The van der Waals surface area contributed by atoms with Gasteiger partial charge >= 0.3 is 5.69 Å². The molecule has 0 amide bonds. The minimum atomic E-state index is -0.294. The summed E-state index contributed by atoms with van der Waals surface area (Å²) >= 11 is 3.46. The van der Waals surface area contributed by atoms with E-state index >= 15 is 0 Å². The predicted octanol–water partition coefficient (Wildman–Crippen LogP) is 2.62. The Labute approximate surface area is 141 Å². The average molecular weight is 375 g/mol. The van der Waals surface area contributed by atoms with Gasteiger partial charge in [-0.25, -0.2) is 4.79 Å². The minimum Gasteiger partial charge on any atom is -0.488 e. The number of nitrogens with zero attached hydrogens (tertiary/aromatic N) is 4. The summed E-state index contributed by atoms with van der Waals surface area (Å²) in [5.74, 6) is 0.744. The second-order valence-electron chi connectivity index (χ2n) is 5.09. The Morgan fingerprint density at radius 2 is 1.91 bits per heavy atom. The fraction of sp³-hybridized carbons (Fsp3) is 0.188. The number of para-hydroxylation sites is 1. The SMILES string of the molecule is Cc1cccc(-n2nnn(C)c2=O)c1COc1ccccc1Br. The van der Waals surface area contributed by atoms with E-state index in [-0.39, 0.29) is 5.69 Å². The van der Waals surface area contributed by atoms with E-state index in [9.17, 15) is 4.79 Å². The monoisotopic (exact) mass is 374 g/mol. The van der Waals surface area contributed by atoms with Gasteiger partial charge < -0.3 is 4.74 Å². The van der Waals surface area contributed by atoms with Gasteiger partial charge in [0.05, 0.1) is 10.2 Å². The molecule has 23 heavy (non-hydrogen) atoms. The molecular formula is C16H15BrN4O2. The first kappa shape index (κ1) is 15.5. The summed E-state index contributed by atoms with van der Waals surface area (Å²) in [6.07, 6.45) is 0. The van der Waals surface area contributed by atoms with Crippen LogP contribution in [0.2, 0.25) is 0 Å². The second kappa shape index (κ2) is 6.37. The third-order valence-corrected chi connectivity index (χ3v) is 4.20. The van der Waals surface area contributed by atoms with Crippen LogP contribution < -0.4 is 10.4 Å². The van der Waals surface area contributed by atoms with Crippen molar-refractivity contribution in [2.75, 3.05) is 0 Å². The smallest absolute Gasteiger partial charge is 0.368 e. The summed E-state index contributed by atoms with van der Waals surface area (Å²) < 4.78 is 9.26. The van der Waals surface area contributed by atoms with Crippen LogP contribution in [0, 0.1) is 6.92 Å². The molecule has 0 N–H and O–H groups in total. The summed E-state index contributed by atoms with van der Waals surface area (Å²) in [5, 5.41) is 7.68. The standard InChI is InChI=1S/C16H15BrN4O2/c1-11-6-5-8-14(21-16(22)20(2)18-19-21)12(11)10-23-15-9-4-3-7-13(15)17/h3-9H,10H2,1-2H3. The summed E-state index contributed by atoms with van der Waals surface area (Å²) in [5.41, 5.74) is 2.30. The lowest BCUT2D eigenvalue weighted by atomic mass is 10.1. The molecule has 0 saturated heterocycles. The van der Waals surface area contributed by atoms with Crippen LogP contribution in [0.1, 0.15) is 11.1 Å². The van der Waals surface area contributed by atoms with Gasteiger partial charge in [-0.3, -0.25) is 0 Å². The highest BCUT2D eigenvalue weighted by molar-refractivity contribution is 9.10. The molecule has 2 aromatic carbocycles. The van der Waals surface area contributed by atoms with E-state index in [1.165, 1.54) is 9.36 Å². The van der Waals surface area contributed by atoms with Crippen LogP contribution >= 0.6 is 15.9 Å². The third kappa shape index (κ3) is 3.05. The van der Waals surface area contributed by atoms with Crippen LogP contribution in [0.15, 0.2) is 51.7 Å². The molecule has 0 spiro atoms. The molecule has 0 aliphatic carbocycles. The molecule has 0 bridgehead atoms. The number of tetrazole rings is 1. The van der Waals surface area contributed by atoms with E-state index in [0.29, 0.717) is 12.3 Å². The molecule has 0 radical (unpaired) electrons. The first-order valence-electron chi connectivity index (χ1n) is 7.03. The molecule has 0 aliphatic heterocycles. The Bertz CT molecular complexity index is 901. The van der Waals surface area contributed by atoms with Gasteiger partial charge in [-0.2, -0.15) is 9.36 Å². The lowest BCUT2D eigenvalue weighted by molar-refractivity contribution is 0.303. The van der Waals surface area contributed by atoms with Gasteiger partial charge in [-0.1, -0.05) is 24.3 Å². The van der Waals surface area contributed by atoms with Crippen LogP contribution in [0.25, 0.3) is 5.69 Å². The second-order valence-corrected chi connectivity index (χ2v) is 5.94. The highest BCUT2D eigenvalue weighted by Crippen LogP contribution is 2.26. The number of hydrogen-bond acceptors (Lipinski definition) is 4. The number of ether oxygens (including phenoxy) is 1. The Morgan fingerprint density at radius 3 is 2.61 bits per heavy atom. The van der Waals surface area contributed by atoms with Gasteiger partial charge in [-0.15, -0.1) is 0 Å². The van der Waals surface area contributed by atoms with E-state index < -0.39 is 0 Å². The zero-order valence-corrected chi connectivity index (χ0v) is 14.3. The van der Waals surface area contributed by atoms with Crippen molar-refractivity contribution < 1.29 is 4.74 Å². The van der Waals surface area contributed by atoms with Crippen molar-refractivity contribution >= 4 is 15.9 Å². The van der Waals surface area contributed by atoms with Crippen molar-refractivity contribution in [2.45, 2.75) is 13.5 Å². The highest BCUT2D eigenvalue weighted by atomic mass is 79.9. The lowest BCUT2D eigenvalue weighted by Crippen LogP contribution is -2.23. The largest absolute Gasteiger partial charge is 0.488 e. The van der Waals surface area contributed by atoms with Crippen LogP contribution in [-0.4, -0.2) is 19.8 Å². The van der Waals surface area contributed by atoms with E-state index in [2.05, 4.69) is 26.4 Å². The van der Waals surface area contributed by atoms with Gasteiger partial charge in [-0.05, 0) is 57.0 Å². The normalized spacial score (nSPS) is 10.7. The summed E-state index contributed by atoms with van der Waals surface area (Å²) in [4.78, 5) is 12.1. The molecule has 0 unspecified atom stereocenters. The fourth-order valence-corrected chi connectivity index (χ4v) is 2.65. The maximum Gasteiger partial charge on any atom is 0.368 e. The van der Waals surface area contributed by atoms with Gasteiger partial charge in [0, 0.05) is 12.6 Å². The number of hydrogen-bond donors (Lipinski definition) is 0. The fourth-order valence-electron chi connectivity index (χ4n) is 2.25. The first-order chi connectivity index (χ1) is 11.1. The van der Waals surface area contributed by atoms with Crippen LogP contribution in [0.3, 0.4) is 0 Å². The molecular weight excluding hydrogens is 360 g/mol. The van der Waals surface area contributed by atoms with E-state index in [0.717, 1.165) is 21.3 Å². The van der Waals surface area contributed by atoms with Crippen molar-refractivity contribution in [2.24, 2.45) is 7.05 Å². The summed E-state index contributed by atoms with van der Waals surface area (Å²) in [6.45, 7) is 2.30. The maximum absolute atomic E-state index is 12.1. The number of halogens is 1. The Hall–Kier alpha value is -2.41. The zero-order valence-electron chi connectivity index (χ0n) is 12.7. The van der Waals surface area contributed by atoms with Crippen molar-refractivity contribution in [1.29, 1.82) is 0 Å². The highest BCUT2D eigenvalue weighted by Gasteiger charge is 2.13. The molecule has 3 aromatic rings. The van der Waals surface area contributed by atoms with Crippen LogP contribution in [0.5, 0.6) is 5.75 Å². The number of benzene rings is 2. The molecule has 1 heterocycles.